The Hall–Kier alpha value is -2.18. The van der Waals surface area contributed by atoms with E-state index in [1.54, 1.807) is 13.0 Å². The van der Waals surface area contributed by atoms with Gasteiger partial charge in [0.1, 0.15) is 5.75 Å². The van der Waals surface area contributed by atoms with E-state index < -0.39 is 12.3 Å². The molecule has 20 heavy (non-hydrogen) atoms. The number of carbonyl (C=O) groups excluding carboxylic acids is 1. The van der Waals surface area contributed by atoms with Gasteiger partial charge in [-0.15, -0.1) is 13.2 Å². The lowest BCUT2D eigenvalue weighted by molar-refractivity contribution is -0.274. The molecule has 108 valence electrons. The summed E-state index contributed by atoms with van der Waals surface area (Å²) in [5, 5.41) is 0.234. The number of aromatic amines is 1. The Bertz CT molecular complexity index is 619. The van der Waals surface area contributed by atoms with Crippen LogP contribution in [0.15, 0.2) is 24.4 Å². The number of benzene rings is 1. The number of hydrogen-bond donors (Lipinski definition) is 1. The van der Waals surface area contributed by atoms with Gasteiger partial charge in [0.15, 0.2) is 0 Å². The Labute approximate surface area is 112 Å². The van der Waals surface area contributed by atoms with Crippen molar-refractivity contribution in [2.24, 2.45) is 0 Å². The SMILES string of the molecule is CCOC(=O)Cc1c[nH]c2cccc(OC(F)(F)F)c12. The van der Waals surface area contributed by atoms with Crippen LogP contribution in [0.4, 0.5) is 13.2 Å². The standard InChI is InChI=1S/C13H12F3NO3/c1-2-19-11(18)6-8-7-17-9-4-3-5-10(12(8)9)20-13(14,15)16/h3-5,7,17H,2,6H2,1H3. The molecule has 0 saturated heterocycles. The number of aromatic nitrogens is 1. The molecule has 2 aromatic rings. The Morgan fingerprint density at radius 3 is 2.75 bits per heavy atom. The molecule has 4 nitrogen and oxygen atoms in total. The second-order valence-electron chi connectivity index (χ2n) is 4.02. The van der Waals surface area contributed by atoms with Crippen molar-refractivity contribution < 1.29 is 27.4 Å². The highest BCUT2D eigenvalue weighted by atomic mass is 19.4. The Morgan fingerprint density at radius 1 is 1.35 bits per heavy atom. The summed E-state index contributed by atoms with van der Waals surface area (Å²) >= 11 is 0. The third kappa shape index (κ3) is 3.23. The first-order valence-electron chi connectivity index (χ1n) is 5.91. The minimum Gasteiger partial charge on any atom is -0.466 e. The molecule has 0 aliphatic heterocycles. The van der Waals surface area contributed by atoms with E-state index >= 15 is 0 Å². The molecule has 0 radical (unpaired) electrons. The number of alkyl halides is 3. The van der Waals surface area contributed by atoms with Crippen molar-refractivity contribution in [2.75, 3.05) is 6.61 Å². The molecule has 1 heterocycles. The van der Waals surface area contributed by atoms with Crippen LogP contribution in [0.5, 0.6) is 5.75 Å². The molecule has 0 fully saturated rings. The number of nitrogens with one attached hydrogen (secondary N) is 1. The molecule has 0 aliphatic rings. The lowest BCUT2D eigenvalue weighted by Gasteiger charge is -2.10. The van der Waals surface area contributed by atoms with Crippen molar-refractivity contribution in [3.05, 3.63) is 30.0 Å². The maximum atomic E-state index is 12.4. The van der Waals surface area contributed by atoms with Crippen LogP contribution in [-0.4, -0.2) is 23.9 Å². The second-order valence-corrected chi connectivity index (χ2v) is 4.02. The molecule has 0 bridgehead atoms. The topological polar surface area (TPSA) is 51.3 Å². The number of rotatable bonds is 4. The highest BCUT2D eigenvalue weighted by molar-refractivity contribution is 5.92. The lowest BCUT2D eigenvalue weighted by Crippen LogP contribution is -2.17. The summed E-state index contributed by atoms with van der Waals surface area (Å²) in [5.74, 6) is -0.842. The highest BCUT2D eigenvalue weighted by Crippen LogP contribution is 2.33. The number of fused-ring (bicyclic) bond motifs is 1. The van der Waals surface area contributed by atoms with Crippen LogP contribution in [0.1, 0.15) is 12.5 Å². The van der Waals surface area contributed by atoms with Crippen molar-refractivity contribution in [1.82, 2.24) is 4.98 Å². The van der Waals surface area contributed by atoms with Crippen LogP contribution < -0.4 is 4.74 Å². The van der Waals surface area contributed by atoms with E-state index in [1.165, 1.54) is 18.3 Å². The van der Waals surface area contributed by atoms with Gasteiger partial charge < -0.3 is 14.5 Å². The average molecular weight is 287 g/mol. The first-order chi connectivity index (χ1) is 9.40. The van der Waals surface area contributed by atoms with Gasteiger partial charge in [-0.05, 0) is 24.6 Å². The highest BCUT2D eigenvalue weighted by Gasteiger charge is 2.32. The minimum atomic E-state index is -4.78. The molecule has 0 unspecified atom stereocenters. The fraction of sp³-hybridized carbons (Fsp3) is 0.308. The van der Waals surface area contributed by atoms with Gasteiger partial charge in [-0.25, -0.2) is 0 Å². The largest absolute Gasteiger partial charge is 0.573 e. The molecule has 7 heteroatoms. The Balaban J connectivity index is 2.38. The van der Waals surface area contributed by atoms with Crippen molar-refractivity contribution >= 4 is 16.9 Å². The molecule has 0 spiro atoms. The molecular weight excluding hydrogens is 275 g/mol. The molecule has 1 N–H and O–H groups in total. The summed E-state index contributed by atoms with van der Waals surface area (Å²) in [6.45, 7) is 1.87. The summed E-state index contributed by atoms with van der Waals surface area (Å²) in [4.78, 5) is 14.3. The van der Waals surface area contributed by atoms with Gasteiger partial charge >= 0.3 is 12.3 Å². The van der Waals surface area contributed by atoms with Gasteiger partial charge in [-0.3, -0.25) is 4.79 Å². The van der Waals surface area contributed by atoms with E-state index in [-0.39, 0.29) is 24.2 Å². The molecule has 1 aromatic heterocycles. The van der Waals surface area contributed by atoms with Crippen molar-refractivity contribution in [3.8, 4) is 5.75 Å². The number of halogens is 3. The number of esters is 1. The fourth-order valence-corrected chi connectivity index (χ4v) is 1.94. The van der Waals surface area contributed by atoms with E-state index in [9.17, 15) is 18.0 Å². The maximum absolute atomic E-state index is 12.4. The number of H-pyrrole nitrogens is 1. The summed E-state index contributed by atoms with van der Waals surface area (Å²) < 4.78 is 45.9. The normalized spacial score (nSPS) is 11.6. The van der Waals surface area contributed by atoms with Crippen molar-refractivity contribution in [3.63, 3.8) is 0 Å². The smallest absolute Gasteiger partial charge is 0.466 e. The van der Waals surface area contributed by atoms with E-state index in [2.05, 4.69) is 9.72 Å². The molecule has 0 amide bonds. The average Bonchev–Trinajstić information content (AvgIpc) is 2.72. The van der Waals surface area contributed by atoms with Crippen LogP contribution in [-0.2, 0) is 16.0 Å². The van der Waals surface area contributed by atoms with E-state index in [0.717, 1.165) is 0 Å². The van der Waals surface area contributed by atoms with E-state index in [4.69, 9.17) is 4.74 Å². The summed E-state index contributed by atoms with van der Waals surface area (Å²) in [7, 11) is 0. The third-order valence-corrected chi connectivity index (χ3v) is 2.62. The summed E-state index contributed by atoms with van der Waals surface area (Å²) in [6.07, 6.45) is -3.43. The molecular formula is C13H12F3NO3. The van der Waals surface area contributed by atoms with Crippen LogP contribution in [0, 0.1) is 0 Å². The maximum Gasteiger partial charge on any atom is 0.573 e. The summed E-state index contributed by atoms with van der Waals surface area (Å²) in [5.41, 5.74) is 0.865. The lowest BCUT2D eigenvalue weighted by atomic mass is 10.1. The Morgan fingerprint density at radius 2 is 2.10 bits per heavy atom. The summed E-state index contributed by atoms with van der Waals surface area (Å²) in [6, 6.07) is 4.25. The molecule has 0 aliphatic carbocycles. The number of hydrogen-bond acceptors (Lipinski definition) is 3. The molecule has 1 aromatic carbocycles. The molecule has 2 rings (SSSR count). The first-order valence-corrected chi connectivity index (χ1v) is 5.91. The number of carbonyl (C=O) groups is 1. The number of ether oxygens (including phenoxy) is 2. The zero-order valence-electron chi connectivity index (χ0n) is 10.6. The van der Waals surface area contributed by atoms with E-state index in [1.807, 2.05) is 0 Å². The van der Waals surface area contributed by atoms with Gasteiger partial charge in [-0.1, -0.05) is 6.07 Å². The van der Waals surface area contributed by atoms with Gasteiger partial charge in [0.2, 0.25) is 0 Å². The fourth-order valence-electron chi connectivity index (χ4n) is 1.94. The van der Waals surface area contributed by atoms with Gasteiger partial charge in [0.25, 0.3) is 0 Å². The molecule has 0 atom stereocenters. The monoisotopic (exact) mass is 287 g/mol. The predicted octanol–water partition coefficient (Wildman–Crippen LogP) is 3.17. The van der Waals surface area contributed by atoms with Crippen molar-refractivity contribution in [2.45, 2.75) is 19.7 Å². The molecule has 0 saturated carbocycles. The van der Waals surface area contributed by atoms with Gasteiger partial charge in [0, 0.05) is 17.1 Å². The van der Waals surface area contributed by atoms with Gasteiger partial charge in [0.05, 0.1) is 13.0 Å². The minimum absolute atomic E-state index is 0.119. The van der Waals surface area contributed by atoms with Crippen LogP contribution in [0.3, 0.4) is 0 Å². The van der Waals surface area contributed by atoms with Gasteiger partial charge in [-0.2, -0.15) is 0 Å². The van der Waals surface area contributed by atoms with Crippen LogP contribution in [0.2, 0.25) is 0 Å². The first kappa shape index (κ1) is 14.2. The quantitative estimate of drug-likeness (QED) is 0.879. The second kappa shape index (κ2) is 5.44. The van der Waals surface area contributed by atoms with Crippen LogP contribution >= 0.6 is 0 Å². The zero-order valence-corrected chi connectivity index (χ0v) is 10.6. The van der Waals surface area contributed by atoms with Crippen molar-refractivity contribution in [1.29, 1.82) is 0 Å². The van der Waals surface area contributed by atoms with Crippen LogP contribution in [0.25, 0.3) is 10.9 Å². The zero-order chi connectivity index (χ0) is 14.8. The Kier molecular flexibility index (Phi) is 3.87. The van der Waals surface area contributed by atoms with E-state index in [0.29, 0.717) is 11.1 Å². The predicted molar refractivity (Wildman–Crippen MR) is 65.3 cm³/mol. The third-order valence-electron chi connectivity index (χ3n) is 2.62.